The van der Waals surface area contributed by atoms with Gasteiger partial charge in [-0.25, -0.2) is 14.5 Å². The van der Waals surface area contributed by atoms with Crippen LogP contribution < -0.4 is 0 Å². The number of carbonyl (C=O) groups is 1. The van der Waals surface area contributed by atoms with E-state index < -0.39 is 0 Å². The molecule has 6 heteroatoms. The normalized spacial score (nSPS) is 14.3. The summed E-state index contributed by atoms with van der Waals surface area (Å²) in [5, 5.41) is 4.85. The molecule has 0 saturated heterocycles. The Morgan fingerprint density at radius 3 is 2.42 bits per heavy atom. The third-order valence-electron chi connectivity index (χ3n) is 6.60. The van der Waals surface area contributed by atoms with E-state index in [0.29, 0.717) is 11.5 Å². The third-order valence-corrected chi connectivity index (χ3v) is 6.60. The average molecular weight is 416 g/mol. The quantitative estimate of drug-likeness (QED) is 0.392. The van der Waals surface area contributed by atoms with Gasteiger partial charge >= 0.3 is 0 Å². The molecule has 4 heterocycles. The van der Waals surface area contributed by atoms with Crippen LogP contribution >= 0.6 is 0 Å². The molecule has 0 N–H and O–H groups in total. The molecule has 0 aliphatic heterocycles. The topological polar surface area (TPSA) is 64.6 Å². The maximum Gasteiger partial charge on any atom is 0.169 e. The molecule has 0 spiro atoms. The molecule has 4 aromatic heterocycles. The summed E-state index contributed by atoms with van der Waals surface area (Å²) < 4.78 is 4.03. The van der Waals surface area contributed by atoms with Gasteiger partial charge in [-0.1, -0.05) is 13.8 Å². The highest BCUT2D eigenvalue weighted by Gasteiger charge is 2.32. The number of ketones is 1. The molecule has 0 aromatic carbocycles. The molecule has 0 radical (unpaired) electrons. The fourth-order valence-corrected chi connectivity index (χ4v) is 4.80. The number of pyridine rings is 1. The summed E-state index contributed by atoms with van der Waals surface area (Å²) in [6.45, 7) is 10.5. The van der Waals surface area contributed by atoms with Gasteiger partial charge < -0.3 is 0 Å². The highest BCUT2D eigenvalue weighted by molar-refractivity contribution is 6.04. The number of aryl methyl sites for hydroxylation is 3. The molecule has 0 atom stereocenters. The fraction of sp³-hybridized carbons (Fsp3) is 0.440. The zero-order chi connectivity index (χ0) is 21.9. The van der Waals surface area contributed by atoms with Crippen LogP contribution in [-0.4, -0.2) is 29.8 Å². The first-order chi connectivity index (χ1) is 14.9. The van der Waals surface area contributed by atoms with Gasteiger partial charge in [0.15, 0.2) is 11.4 Å². The van der Waals surface area contributed by atoms with Gasteiger partial charge in [0.1, 0.15) is 11.3 Å². The number of hydrogen-bond donors (Lipinski definition) is 0. The van der Waals surface area contributed by atoms with Gasteiger partial charge in [-0.3, -0.25) is 9.20 Å². The van der Waals surface area contributed by atoms with Crippen LogP contribution in [0.2, 0.25) is 0 Å². The lowest BCUT2D eigenvalue weighted by Crippen LogP contribution is -2.06. The van der Waals surface area contributed by atoms with E-state index in [-0.39, 0.29) is 11.7 Å². The second-order valence-electron chi connectivity index (χ2n) is 8.84. The Kier molecular flexibility index (Phi) is 4.68. The Labute approximate surface area is 182 Å². The minimum Gasteiger partial charge on any atom is -0.297 e. The van der Waals surface area contributed by atoms with Crippen LogP contribution in [0.15, 0.2) is 24.4 Å². The van der Waals surface area contributed by atoms with Crippen LogP contribution in [0, 0.1) is 26.7 Å². The molecule has 0 unspecified atom stereocenters. The maximum absolute atomic E-state index is 12.9. The van der Waals surface area contributed by atoms with Gasteiger partial charge in [-0.15, -0.1) is 0 Å². The van der Waals surface area contributed by atoms with Crippen molar-refractivity contribution in [2.45, 2.75) is 66.2 Å². The molecular formula is C25H29N5O. The van der Waals surface area contributed by atoms with Crippen molar-refractivity contribution in [3.8, 4) is 11.4 Å². The smallest absolute Gasteiger partial charge is 0.169 e. The van der Waals surface area contributed by atoms with E-state index in [1.165, 1.54) is 5.56 Å². The predicted molar refractivity (Wildman–Crippen MR) is 122 cm³/mol. The summed E-state index contributed by atoms with van der Waals surface area (Å²) in [6.07, 6.45) is 6.10. The van der Waals surface area contributed by atoms with Crippen LogP contribution in [0.5, 0.6) is 0 Å². The highest BCUT2D eigenvalue weighted by atomic mass is 16.1. The molecular weight excluding hydrogens is 386 g/mol. The number of hydrogen-bond acceptors (Lipinski definition) is 4. The van der Waals surface area contributed by atoms with Crippen LogP contribution in [0.3, 0.4) is 0 Å². The first kappa shape index (κ1) is 19.9. The highest BCUT2D eigenvalue weighted by Crippen LogP contribution is 2.36. The molecule has 160 valence electrons. The lowest BCUT2D eigenvalue weighted by Gasteiger charge is -2.15. The molecule has 0 bridgehead atoms. The van der Waals surface area contributed by atoms with Crippen LogP contribution in [0.1, 0.15) is 78.5 Å². The van der Waals surface area contributed by atoms with E-state index >= 15 is 0 Å². The predicted octanol–water partition coefficient (Wildman–Crippen LogP) is 5.47. The number of fused-ring (bicyclic) bond motifs is 2. The van der Waals surface area contributed by atoms with Gasteiger partial charge in [0.25, 0.3) is 0 Å². The van der Waals surface area contributed by atoms with Gasteiger partial charge in [0.05, 0.1) is 28.3 Å². The second kappa shape index (κ2) is 7.29. The summed E-state index contributed by atoms with van der Waals surface area (Å²) >= 11 is 0. The molecule has 4 aromatic rings. The largest absolute Gasteiger partial charge is 0.297 e. The lowest BCUT2D eigenvalue weighted by atomic mass is 9.95. The average Bonchev–Trinajstić information content (AvgIpc) is 3.48. The minimum absolute atomic E-state index is 0.163. The maximum atomic E-state index is 12.9. The van der Waals surface area contributed by atoms with Crippen molar-refractivity contribution >= 4 is 17.1 Å². The van der Waals surface area contributed by atoms with Crippen molar-refractivity contribution in [1.29, 1.82) is 0 Å². The number of rotatable bonds is 6. The standard InChI is InChI=1S/C25H29N5O/c1-6-17(7-2)20-13-14(3)28-30-22(16(5)27-25(20)30)21-15(4)26-24-19(9-8-12-29(21)24)23(31)18-10-11-18/h8-9,12-13,17-18H,6-7,10-11H2,1-5H3. The molecule has 5 rings (SSSR count). The van der Waals surface area contributed by atoms with E-state index in [1.54, 1.807) is 0 Å². The van der Waals surface area contributed by atoms with E-state index in [2.05, 4.69) is 19.9 Å². The Balaban J connectivity index is 1.79. The Bertz CT molecular complexity index is 1320. The zero-order valence-electron chi connectivity index (χ0n) is 18.9. The van der Waals surface area contributed by atoms with Crippen molar-refractivity contribution in [2.24, 2.45) is 5.92 Å². The Morgan fingerprint density at radius 2 is 1.74 bits per heavy atom. The number of carbonyl (C=O) groups excluding carboxylic acids is 1. The Morgan fingerprint density at radius 1 is 1.06 bits per heavy atom. The summed E-state index contributed by atoms with van der Waals surface area (Å²) in [4.78, 5) is 22.7. The molecule has 0 amide bonds. The van der Waals surface area contributed by atoms with Gasteiger partial charge in [-0.05, 0) is 70.6 Å². The van der Waals surface area contributed by atoms with Gasteiger partial charge in [0.2, 0.25) is 0 Å². The molecule has 6 nitrogen and oxygen atoms in total. The molecule has 1 aliphatic rings. The van der Waals surface area contributed by atoms with E-state index in [1.807, 2.05) is 48.0 Å². The number of nitrogens with zero attached hydrogens (tertiary/aromatic N) is 5. The lowest BCUT2D eigenvalue weighted by molar-refractivity contribution is 0.0969. The second-order valence-corrected chi connectivity index (χ2v) is 8.84. The van der Waals surface area contributed by atoms with Crippen LogP contribution in [0.4, 0.5) is 0 Å². The van der Waals surface area contributed by atoms with Crippen molar-refractivity contribution < 1.29 is 4.79 Å². The molecule has 1 aliphatic carbocycles. The van der Waals surface area contributed by atoms with Crippen molar-refractivity contribution in [3.63, 3.8) is 0 Å². The summed E-state index contributed by atoms with van der Waals surface area (Å²) in [6, 6.07) is 6.03. The van der Waals surface area contributed by atoms with Gasteiger partial charge in [-0.2, -0.15) is 5.10 Å². The third kappa shape index (κ3) is 3.08. The van der Waals surface area contributed by atoms with Crippen molar-refractivity contribution in [2.75, 3.05) is 0 Å². The first-order valence-corrected chi connectivity index (χ1v) is 11.3. The van der Waals surface area contributed by atoms with Crippen LogP contribution in [-0.2, 0) is 0 Å². The monoisotopic (exact) mass is 415 g/mol. The number of aromatic nitrogens is 5. The molecule has 31 heavy (non-hydrogen) atoms. The number of Topliss-reactive ketones (excluding diaryl/α,β-unsaturated/α-hetero) is 1. The zero-order valence-corrected chi connectivity index (χ0v) is 18.9. The van der Waals surface area contributed by atoms with E-state index in [4.69, 9.17) is 15.1 Å². The van der Waals surface area contributed by atoms with Gasteiger partial charge in [0, 0.05) is 17.7 Å². The first-order valence-electron chi connectivity index (χ1n) is 11.3. The minimum atomic E-state index is 0.163. The molecule has 1 fully saturated rings. The van der Waals surface area contributed by atoms with Crippen molar-refractivity contribution in [3.05, 3.63) is 52.6 Å². The SMILES string of the molecule is CCC(CC)c1cc(C)nn2c(-c3c(C)nc4c(C(=O)C5CC5)cccn34)c(C)nc12. The van der Waals surface area contributed by atoms with Crippen molar-refractivity contribution in [1.82, 2.24) is 24.0 Å². The van der Waals surface area contributed by atoms with Crippen LogP contribution in [0.25, 0.3) is 22.7 Å². The van der Waals surface area contributed by atoms with E-state index in [0.717, 1.165) is 65.4 Å². The fourth-order valence-electron chi connectivity index (χ4n) is 4.80. The molecule has 1 saturated carbocycles. The number of imidazole rings is 2. The summed E-state index contributed by atoms with van der Waals surface area (Å²) in [5.74, 6) is 0.822. The van der Waals surface area contributed by atoms with E-state index in [9.17, 15) is 4.79 Å². The Hall–Kier alpha value is -3.02. The summed E-state index contributed by atoms with van der Waals surface area (Å²) in [7, 11) is 0. The summed E-state index contributed by atoms with van der Waals surface area (Å²) in [5.41, 5.74) is 8.31.